The van der Waals surface area contributed by atoms with Gasteiger partial charge in [-0.1, -0.05) is 17.7 Å². The number of nitrogens with one attached hydrogen (secondary N) is 1. The number of likely N-dealkylation sites (N-methyl/N-ethyl adjacent to an activating group) is 1. The Balaban J connectivity index is 1.89. The second-order valence-corrected chi connectivity index (χ2v) is 9.24. The molecule has 1 N–H and O–H groups in total. The molecule has 2 rings (SSSR count). The Kier molecular flexibility index (Phi) is 7.59. The summed E-state index contributed by atoms with van der Waals surface area (Å²) in [7, 11) is -2.64. The molecular weight excluding hydrogens is 472 g/mol. The van der Waals surface area contributed by atoms with E-state index in [2.05, 4.69) is 21.2 Å². The summed E-state index contributed by atoms with van der Waals surface area (Å²) in [5, 5.41) is 3.00. The Morgan fingerprint density at radius 1 is 1.18 bits per heavy atom. The molecule has 10 heteroatoms. The normalized spacial score (nSPS) is 11.3. The summed E-state index contributed by atoms with van der Waals surface area (Å²) >= 11 is 9.08. The van der Waals surface area contributed by atoms with Crippen LogP contribution in [0, 0.1) is 6.92 Å². The minimum Gasteiger partial charge on any atom is -0.455 e. The minimum atomic E-state index is -3.88. The molecule has 0 radical (unpaired) electrons. The molecule has 1 amide bonds. The minimum absolute atomic E-state index is 0.00540. The van der Waals surface area contributed by atoms with Crippen molar-refractivity contribution in [1.82, 2.24) is 4.31 Å². The van der Waals surface area contributed by atoms with E-state index < -0.39 is 35.1 Å². The van der Waals surface area contributed by atoms with Crippen molar-refractivity contribution in [1.29, 1.82) is 0 Å². The highest BCUT2D eigenvalue weighted by molar-refractivity contribution is 9.10. The van der Waals surface area contributed by atoms with Gasteiger partial charge in [-0.2, -0.15) is 4.31 Å². The number of amides is 1. The van der Waals surface area contributed by atoms with E-state index in [0.29, 0.717) is 15.2 Å². The van der Waals surface area contributed by atoms with Gasteiger partial charge < -0.3 is 10.1 Å². The van der Waals surface area contributed by atoms with Crippen LogP contribution in [0.1, 0.15) is 5.56 Å². The average Bonchev–Trinajstić information content (AvgIpc) is 2.62. The Morgan fingerprint density at radius 3 is 2.43 bits per heavy atom. The fourth-order valence-corrected chi connectivity index (χ4v) is 3.99. The monoisotopic (exact) mass is 488 g/mol. The molecule has 0 aliphatic rings. The Hall–Kier alpha value is -1.94. The van der Waals surface area contributed by atoms with Crippen LogP contribution in [-0.4, -0.2) is 44.8 Å². The molecule has 0 aromatic heterocycles. The van der Waals surface area contributed by atoms with E-state index in [1.54, 1.807) is 6.07 Å². The lowest BCUT2D eigenvalue weighted by Crippen LogP contribution is -2.34. The lowest BCUT2D eigenvalue weighted by molar-refractivity contribution is -0.147. The van der Waals surface area contributed by atoms with Gasteiger partial charge in [-0.3, -0.25) is 9.59 Å². The number of sulfonamides is 1. The Bertz CT molecular complexity index is 980. The van der Waals surface area contributed by atoms with Crippen LogP contribution in [0.4, 0.5) is 5.69 Å². The molecule has 0 unspecified atom stereocenters. The number of carbonyl (C=O) groups excluding carboxylic acids is 2. The molecule has 0 aliphatic carbocycles. The van der Waals surface area contributed by atoms with Crippen LogP contribution in [0.25, 0.3) is 0 Å². The predicted octanol–water partition coefficient (Wildman–Crippen LogP) is 3.21. The number of hydrogen-bond donors (Lipinski definition) is 1. The first-order chi connectivity index (χ1) is 13.1. The van der Waals surface area contributed by atoms with Crippen LogP contribution in [0.15, 0.2) is 51.8 Å². The zero-order valence-electron chi connectivity index (χ0n) is 15.1. The van der Waals surface area contributed by atoms with Crippen LogP contribution in [0.2, 0.25) is 5.02 Å². The molecule has 7 nitrogen and oxygen atoms in total. The smallest absolute Gasteiger partial charge is 0.321 e. The number of nitrogens with zero attached hydrogens (tertiary/aromatic N) is 1. The molecule has 0 atom stereocenters. The van der Waals surface area contributed by atoms with Crippen LogP contribution in [-0.2, 0) is 24.3 Å². The molecule has 2 aromatic rings. The fourth-order valence-electron chi connectivity index (χ4n) is 2.15. The quantitative estimate of drug-likeness (QED) is 0.603. The van der Waals surface area contributed by atoms with E-state index in [0.717, 1.165) is 9.87 Å². The number of carbonyl (C=O) groups is 2. The largest absolute Gasteiger partial charge is 0.455 e. The summed E-state index contributed by atoms with van der Waals surface area (Å²) in [6.45, 7) is 0.840. The zero-order chi connectivity index (χ0) is 20.9. The molecule has 0 aliphatic heterocycles. The summed E-state index contributed by atoms with van der Waals surface area (Å²) in [6.07, 6.45) is 0. The second-order valence-electron chi connectivity index (χ2n) is 5.91. The number of halogens is 2. The molecule has 0 heterocycles. The maximum atomic E-state index is 12.4. The van der Waals surface area contributed by atoms with Gasteiger partial charge in [0.05, 0.1) is 10.6 Å². The summed E-state index contributed by atoms with van der Waals surface area (Å²) in [5.41, 5.74) is 1.55. The van der Waals surface area contributed by atoms with E-state index in [1.807, 2.05) is 19.1 Å². The van der Waals surface area contributed by atoms with Crippen molar-refractivity contribution in [3.8, 4) is 0 Å². The van der Waals surface area contributed by atoms with E-state index in [9.17, 15) is 18.0 Å². The fraction of sp³-hybridized carbons (Fsp3) is 0.222. The van der Waals surface area contributed by atoms with Crippen molar-refractivity contribution in [2.45, 2.75) is 11.8 Å². The maximum absolute atomic E-state index is 12.4. The predicted molar refractivity (Wildman–Crippen MR) is 110 cm³/mol. The highest BCUT2D eigenvalue weighted by Crippen LogP contribution is 2.23. The number of aryl methyl sites for hydroxylation is 1. The van der Waals surface area contributed by atoms with Crippen molar-refractivity contribution < 1.29 is 22.7 Å². The number of ether oxygens (including phenoxy) is 1. The van der Waals surface area contributed by atoms with Crippen molar-refractivity contribution in [2.24, 2.45) is 0 Å². The third-order valence-corrected chi connectivity index (χ3v) is 6.36. The molecule has 0 saturated heterocycles. The first kappa shape index (κ1) is 22.4. The molecule has 0 fully saturated rings. The van der Waals surface area contributed by atoms with Gasteiger partial charge >= 0.3 is 5.97 Å². The highest BCUT2D eigenvalue weighted by Gasteiger charge is 2.23. The van der Waals surface area contributed by atoms with Gasteiger partial charge in [0.15, 0.2) is 6.61 Å². The van der Waals surface area contributed by atoms with Gasteiger partial charge in [-0.15, -0.1) is 0 Å². The number of esters is 1. The van der Waals surface area contributed by atoms with Crippen LogP contribution in [0.5, 0.6) is 0 Å². The van der Waals surface area contributed by atoms with E-state index in [-0.39, 0.29) is 4.90 Å². The number of benzene rings is 2. The SMILES string of the molecule is Cc1ccc(NC(=O)COC(=O)CN(C)S(=O)(=O)c2ccc(Cl)cc2)c(Br)c1. The molecule has 28 heavy (non-hydrogen) atoms. The topological polar surface area (TPSA) is 92.8 Å². The summed E-state index contributed by atoms with van der Waals surface area (Å²) < 4.78 is 31.2. The van der Waals surface area contributed by atoms with Crippen molar-refractivity contribution in [2.75, 3.05) is 25.5 Å². The van der Waals surface area contributed by atoms with E-state index in [4.69, 9.17) is 16.3 Å². The van der Waals surface area contributed by atoms with Crippen LogP contribution in [0.3, 0.4) is 0 Å². The van der Waals surface area contributed by atoms with Crippen LogP contribution >= 0.6 is 27.5 Å². The summed E-state index contributed by atoms with van der Waals surface area (Å²) in [6, 6.07) is 10.9. The van der Waals surface area contributed by atoms with Gasteiger partial charge in [0, 0.05) is 16.5 Å². The standard InChI is InChI=1S/C18H18BrClN2O5S/c1-12-3-8-16(15(19)9-12)21-17(23)11-27-18(24)10-22(2)28(25,26)14-6-4-13(20)5-7-14/h3-9H,10-11H2,1-2H3,(H,21,23). The maximum Gasteiger partial charge on any atom is 0.321 e. The molecule has 0 bridgehead atoms. The average molecular weight is 490 g/mol. The summed E-state index contributed by atoms with van der Waals surface area (Å²) in [4.78, 5) is 23.8. The van der Waals surface area contributed by atoms with Crippen molar-refractivity contribution >= 4 is 55.1 Å². The van der Waals surface area contributed by atoms with Gasteiger partial charge in [0.2, 0.25) is 10.0 Å². The number of anilines is 1. The van der Waals surface area contributed by atoms with Crippen LogP contribution < -0.4 is 5.32 Å². The zero-order valence-corrected chi connectivity index (χ0v) is 18.3. The van der Waals surface area contributed by atoms with Gasteiger partial charge in [0.1, 0.15) is 6.54 Å². The van der Waals surface area contributed by atoms with Crippen molar-refractivity contribution in [3.05, 3.63) is 57.5 Å². The molecule has 2 aromatic carbocycles. The lowest BCUT2D eigenvalue weighted by Gasteiger charge is -2.16. The third-order valence-electron chi connectivity index (χ3n) is 3.64. The van der Waals surface area contributed by atoms with E-state index in [1.165, 1.54) is 31.3 Å². The number of rotatable bonds is 7. The Labute approximate surface area is 176 Å². The third kappa shape index (κ3) is 6.03. The Morgan fingerprint density at radius 2 is 1.82 bits per heavy atom. The molecule has 150 valence electrons. The van der Waals surface area contributed by atoms with Gasteiger partial charge in [0.25, 0.3) is 5.91 Å². The molecule has 0 saturated carbocycles. The summed E-state index contributed by atoms with van der Waals surface area (Å²) in [5.74, 6) is -1.39. The molecular formula is C18H18BrClN2O5S. The van der Waals surface area contributed by atoms with Crippen molar-refractivity contribution in [3.63, 3.8) is 0 Å². The van der Waals surface area contributed by atoms with E-state index >= 15 is 0 Å². The highest BCUT2D eigenvalue weighted by atomic mass is 79.9. The second kappa shape index (κ2) is 9.51. The first-order valence-corrected chi connectivity index (χ1v) is 10.6. The molecule has 0 spiro atoms. The lowest BCUT2D eigenvalue weighted by atomic mass is 10.2. The first-order valence-electron chi connectivity index (χ1n) is 8.03. The van der Waals surface area contributed by atoms with Gasteiger partial charge in [-0.25, -0.2) is 8.42 Å². The van der Waals surface area contributed by atoms with Gasteiger partial charge in [-0.05, 0) is 64.8 Å². The number of hydrogen-bond acceptors (Lipinski definition) is 5.